The molecule has 2 saturated heterocycles. The molecule has 2 aliphatic rings. The van der Waals surface area contributed by atoms with Gasteiger partial charge in [0.1, 0.15) is 0 Å². The van der Waals surface area contributed by atoms with E-state index in [0.29, 0.717) is 18.0 Å². The molecule has 112 valence electrons. The fourth-order valence-electron chi connectivity index (χ4n) is 3.31. The Morgan fingerprint density at radius 3 is 2.74 bits per heavy atom. The van der Waals surface area contributed by atoms with E-state index in [0.717, 1.165) is 25.9 Å². The normalized spacial score (nSPS) is 28.7. The molecular formula is C15H29NO2S. The predicted octanol–water partition coefficient (Wildman–Crippen LogP) is 2.43. The summed E-state index contributed by atoms with van der Waals surface area (Å²) in [4.78, 5) is 0. The summed E-state index contributed by atoms with van der Waals surface area (Å²) >= 11 is 2.06. The van der Waals surface area contributed by atoms with Gasteiger partial charge in [-0.1, -0.05) is 13.8 Å². The van der Waals surface area contributed by atoms with Crippen LogP contribution in [0.3, 0.4) is 0 Å². The zero-order valence-corrected chi connectivity index (χ0v) is 13.2. The van der Waals surface area contributed by atoms with Gasteiger partial charge in [-0.25, -0.2) is 0 Å². The number of hydrogen-bond donors (Lipinski definition) is 2. The average Bonchev–Trinajstić information content (AvgIpc) is 2.39. The van der Waals surface area contributed by atoms with Gasteiger partial charge in [0.15, 0.2) is 0 Å². The smallest absolute Gasteiger partial charge is 0.0713 e. The van der Waals surface area contributed by atoms with Crippen LogP contribution in [0.25, 0.3) is 0 Å². The highest BCUT2D eigenvalue weighted by molar-refractivity contribution is 7.99. The Kier molecular flexibility index (Phi) is 6.00. The summed E-state index contributed by atoms with van der Waals surface area (Å²) in [5.41, 5.74) is 0.155. The standard InChI is InChI=1S/C15H29NO2S/c1-12(2)14(3-7-17)16-13-4-8-18-15(11-13)5-9-19-10-6-15/h12-14,16-17H,3-11H2,1-2H3. The molecule has 2 rings (SSSR count). The summed E-state index contributed by atoms with van der Waals surface area (Å²) in [5, 5.41) is 13.0. The van der Waals surface area contributed by atoms with Crippen molar-refractivity contribution in [3.05, 3.63) is 0 Å². The van der Waals surface area contributed by atoms with Gasteiger partial charge in [-0.15, -0.1) is 0 Å². The second-order valence-corrected chi connectivity index (χ2v) is 7.59. The summed E-state index contributed by atoms with van der Waals surface area (Å²) in [7, 11) is 0. The lowest BCUT2D eigenvalue weighted by Crippen LogP contribution is -2.52. The van der Waals surface area contributed by atoms with Gasteiger partial charge in [-0.05, 0) is 49.5 Å². The van der Waals surface area contributed by atoms with Gasteiger partial charge in [0.25, 0.3) is 0 Å². The highest BCUT2D eigenvalue weighted by Gasteiger charge is 2.39. The minimum atomic E-state index is 0.155. The van der Waals surface area contributed by atoms with E-state index in [4.69, 9.17) is 4.74 Å². The summed E-state index contributed by atoms with van der Waals surface area (Å²) < 4.78 is 6.14. The number of hydrogen-bond acceptors (Lipinski definition) is 4. The van der Waals surface area contributed by atoms with Crippen molar-refractivity contribution in [1.29, 1.82) is 0 Å². The van der Waals surface area contributed by atoms with E-state index in [1.54, 1.807) is 0 Å². The Labute approximate surface area is 121 Å². The third-order valence-corrected chi connectivity index (χ3v) is 5.58. The first kappa shape index (κ1) is 15.6. The molecule has 0 radical (unpaired) electrons. The molecular weight excluding hydrogens is 258 g/mol. The summed E-state index contributed by atoms with van der Waals surface area (Å²) in [5.74, 6) is 3.07. The van der Waals surface area contributed by atoms with E-state index in [-0.39, 0.29) is 12.2 Å². The van der Waals surface area contributed by atoms with Gasteiger partial charge in [0, 0.05) is 25.3 Å². The van der Waals surface area contributed by atoms with E-state index in [1.807, 2.05) is 0 Å². The molecule has 2 N–H and O–H groups in total. The highest BCUT2D eigenvalue weighted by Crippen LogP contribution is 2.37. The van der Waals surface area contributed by atoms with Crippen LogP contribution in [0.2, 0.25) is 0 Å². The van der Waals surface area contributed by atoms with Gasteiger partial charge in [-0.3, -0.25) is 0 Å². The molecule has 0 aromatic heterocycles. The maximum atomic E-state index is 9.19. The summed E-state index contributed by atoms with van der Waals surface area (Å²) in [6, 6.07) is 0.999. The zero-order valence-electron chi connectivity index (χ0n) is 12.4. The number of aliphatic hydroxyl groups is 1. The van der Waals surface area contributed by atoms with Gasteiger partial charge in [0.2, 0.25) is 0 Å². The maximum Gasteiger partial charge on any atom is 0.0713 e. The quantitative estimate of drug-likeness (QED) is 0.815. The van der Waals surface area contributed by atoms with E-state index in [9.17, 15) is 5.11 Å². The van der Waals surface area contributed by atoms with Crippen molar-refractivity contribution in [1.82, 2.24) is 5.32 Å². The Morgan fingerprint density at radius 2 is 2.11 bits per heavy atom. The van der Waals surface area contributed by atoms with E-state index >= 15 is 0 Å². The molecule has 1 spiro atoms. The van der Waals surface area contributed by atoms with Crippen LogP contribution in [0.4, 0.5) is 0 Å². The SMILES string of the molecule is CC(C)C(CCO)NC1CCOC2(CCSCC2)C1. The van der Waals surface area contributed by atoms with Crippen molar-refractivity contribution in [2.45, 2.75) is 63.6 Å². The van der Waals surface area contributed by atoms with Crippen molar-refractivity contribution >= 4 is 11.8 Å². The van der Waals surface area contributed by atoms with E-state index < -0.39 is 0 Å². The molecule has 2 aliphatic heterocycles. The summed E-state index contributed by atoms with van der Waals surface area (Å²) in [6.45, 7) is 5.65. The van der Waals surface area contributed by atoms with Crippen LogP contribution in [0.5, 0.6) is 0 Å². The maximum absolute atomic E-state index is 9.19. The summed E-state index contributed by atoms with van der Waals surface area (Å²) in [6.07, 6.45) is 5.55. The zero-order chi connectivity index (χ0) is 13.7. The van der Waals surface area contributed by atoms with Crippen molar-refractivity contribution in [2.24, 2.45) is 5.92 Å². The lowest BCUT2D eigenvalue weighted by atomic mass is 9.84. The molecule has 0 amide bonds. The first-order chi connectivity index (χ1) is 9.15. The number of ether oxygens (including phenoxy) is 1. The van der Waals surface area contributed by atoms with Crippen LogP contribution in [-0.4, -0.2) is 47.5 Å². The minimum Gasteiger partial charge on any atom is -0.396 e. The number of nitrogens with one attached hydrogen (secondary N) is 1. The second kappa shape index (κ2) is 7.30. The first-order valence-electron chi connectivity index (χ1n) is 7.74. The van der Waals surface area contributed by atoms with E-state index in [2.05, 4.69) is 30.9 Å². The molecule has 4 heteroatoms. The van der Waals surface area contributed by atoms with Crippen LogP contribution >= 0.6 is 11.8 Å². The number of thioether (sulfide) groups is 1. The molecule has 19 heavy (non-hydrogen) atoms. The third kappa shape index (κ3) is 4.35. The lowest BCUT2D eigenvalue weighted by Gasteiger charge is -2.44. The fraction of sp³-hybridized carbons (Fsp3) is 1.00. The van der Waals surface area contributed by atoms with Gasteiger partial charge in [-0.2, -0.15) is 11.8 Å². The predicted molar refractivity (Wildman–Crippen MR) is 81.7 cm³/mol. The molecule has 2 atom stereocenters. The topological polar surface area (TPSA) is 41.5 Å². The van der Waals surface area contributed by atoms with Crippen LogP contribution in [0.15, 0.2) is 0 Å². The van der Waals surface area contributed by atoms with Gasteiger partial charge in [0.05, 0.1) is 5.60 Å². The van der Waals surface area contributed by atoms with Gasteiger partial charge < -0.3 is 15.2 Å². The molecule has 0 saturated carbocycles. The molecule has 2 heterocycles. The lowest BCUT2D eigenvalue weighted by molar-refractivity contribution is -0.0948. The third-order valence-electron chi connectivity index (χ3n) is 4.59. The Balaban J connectivity index is 1.89. The Bertz CT molecular complexity index is 261. The molecule has 0 aromatic rings. The van der Waals surface area contributed by atoms with Crippen LogP contribution < -0.4 is 5.32 Å². The minimum absolute atomic E-state index is 0.155. The van der Waals surface area contributed by atoms with Crippen LogP contribution in [0, 0.1) is 5.92 Å². The van der Waals surface area contributed by atoms with Crippen molar-refractivity contribution in [3.63, 3.8) is 0 Å². The molecule has 3 nitrogen and oxygen atoms in total. The highest BCUT2D eigenvalue weighted by atomic mass is 32.2. The first-order valence-corrected chi connectivity index (χ1v) is 8.89. The fourth-order valence-corrected chi connectivity index (χ4v) is 4.55. The monoisotopic (exact) mass is 287 g/mol. The van der Waals surface area contributed by atoms with Crippen LogP contribution in [0.1, 0.15) is 46.0 Å². The van der Waals surface area contributed by atoms with Crippen molar-refractivity contribution < 1.29 is 9.84 Å². The van der Waals surface area contributed by atoms with E-state index in [1.165, 1.54) is 24.3 Å². The average molecular weight is 287 g/mol. The molecule has 0 bridgehead atoms. The second-order valence-electron chi connectivity index (χ2n) is 6.36. The Morgan fingerprint density at radius 1 is 1.37 bits per heavy atom. The van der Waals surface area contributed by atoms with Gasteiger partial charge >= 0.3 is 0 Å². The van der Waals surface area contributed by atoms with Crippen molar-refractivity contribution in [3.8, 4) is 0 Å². The van der Waals surface area contributed by atoms with Crippen molar-refractivity contribution in [2.75, 3.05) is 24.7 Å². The molecule has 0 aromatic carbocycles. The number of rotatable bonds is 5. The molecule has 2 unspecified atom stereocenters. The number of aliphatic hydroxyl groups excluding tert-OH is 1. The molecule has 2 fully saturated rings. The van der Waals surface area contributed by atoms with Crippen LogP contribution in [-0.2, 0) is 4.74 Å². The Hall–Kier alpha value is 0.230. The largest absolute Gasteiger partial charge is 0.396 e. The molecule has 0 aliphatic carbocycles.